The molecular formula is C16H15N3O3. The molecule has 0 saturated carbocycles. The SMILES string of the molecule is COc1ccc(Cc2nc3cnccc3c(=O)[nH]2)cc1OC. The Hall–Kier alpha value is -2.89. The van der Waals surface area contributed by atoms with E-state index in [0.29, 0.717) is 34.6 Å². The molecule has 6 nitrogen and oxygen atoms in total. The fourth-order valence-electron chi connectivity index (χ4n) is 2.31. The van der Waals surface area contributed by atoms with Crippen LogP contribution in [0.25, 0.3) is 10.9 Å². The highest BCUT2D eigenvalue weighted by Crippen LogP contribution is 2.28. The summed E-state index contributed by atoms with van der Waals surface area (Å²) in [5.41, 5.74) is 1.38. The third-order valence-corrected chi connectivity index (χ3v) is 3.38. The van der Waals surface area contributed by atoms with Gasteiger partial charge in [-0.25, -0.2) is 4.98 Å². The number of hydrogen-bond acceptors (Lipinski definition) is 5. The van der Waals surface area contributed by atoms with Gasteiger partial charge in [0.25, 0.3) is 5.56 Å². The van der Waals surface area contributed by atoms with Crippen LogP contribution in [0.2, 0.25) is 0 Å². The van der Waals surface area contributed by atoms with Gasteiger partial charge in [0.15, 0.2) is 11.5 Å². The minimum absolute atomic E-state index is 0.164. The van der Waals surface area contributed by atoms with E-state index in [2.05, 4.69) is 15.0 Å². The van der Waals surface area contributed by atoms with Crippen LogP contribution in [0.1, 0.15) is 11.4 Å². The minimum Gasteiger partial charge on any atom is -0.493 e. The second-order valence-corrected chi connectivity index (χ2v) is 4.77. The van der Waals surface area contributed by atoms with Gasteiger partial charge in [-0.1, -0.05) is 6.07 Å². The van der Waals surface area contributed by atoms with Gasteiger partial charge in [-0.05, 0) is 23.8 Å². The van der Waals surface area contributed by atoms with Crippen LogP contribution in [0.15, 0.2) is 41.5 Å². The molecule has 2 heterocycles. The van der Waals surface area contributed by atoms with Gasteiger partial charge in [0.1, 0.15) is 5.82 Å². The summed E-state index contributed by atoms with van der Waals surface area (Å²) in [6.45, 7) is 0. The van der Waals surface area contributed by atoms with Crippen molar-refractivity contribution in [2.75, 3.05) is 14.2 Å². The van der Waals surface area contributed by atoms with Crippen molar-refractivity contribution >= 4 is 10.9 Å². The van der Waals surface area contributed by atoms with Crippen molar-refractivity contribution in [3.8, 4) is 11.5 Å². The molecule has 0 saturated heterocycles. The van der Waals surface area contributed by atoms with Crippen molar-refractivity contribution in [3.05, 3.63) is 58.4 Å². The van der Waals surface area contributed by atoms with Crippen LogP contribution >= 0.6 is 0 Å². The molecule has 0 aliphatic heterocycles. The predicted octanol–water partition coefficient (Wildman–Crippen LogP) is 1.93. The number of hydrogen-bond donors (Lipinski definition) is 1. The number of H-pyrrole nitrogens is 1. The third kappa shape index (κ3) is 2.63. The average molecular weight is 297 g/mol. The molecule has 0 radical (unpaired) electrons. The number of benzene rings is 1. The molecule has 0 aliphatic rings. The second kappa shape index (κ2) is 5.85. The Labute approximate surface area is 126 Å². The topological polar surface area (TPSA) is 77.1 Å². The van der Waals surface area contributed by atoms with Crippen LogP contribution in [0.3, 0.4) is 0 Å². The molecule has 6 heteroatoms. The van der Waals surface area contributed by atoms with E-state index in [1.165, 1.54) is 0 Å². The molecular weight excluding hydrogens is 282 g/mol. The lowest BCUT2D eigenvalue weighted by Crippen LogP contribution is -2.12. The standard InChI is InChI=1S/C16H15N3O3/c1-21-13-4-3-10(7-14(13)22-2)8-15-18-12-9-17-6-5-11(12)16(20)19-15/h3-7,9H,8H2,1-2H3,(H,18,19,20). The Morgan fingerprint density at radius 1 is 1.14 bits per heavy atom. The number of nitrogens with zero attached hydrogens (tertiary/aromatic N) is 2. The fraction of sp³-hybridized carbons (Fsp3) is 0.188. The highest BCUT2D eigenvalue weighted by Gasteiger charge is 2.08. The van der Waals surface area contributed by atoms with Gasteiger partial charge in [-0.3, -0.25) is 9.78 Å². The summed E-state index contributed by atoms with van der Waals surface area (Å²) < 4.78 is 10.5. The van der Waals surface area contributed by atoms with Crippen molar-refractivity contribution in [3.63, 3.8) is 0 Å². The van der Waals surface area contributed by atoms with Crippen LogP contribution in [-0.4, -0.2) is 29.2 Å². The normalized spacial score (nSPS) is 10.6. The summed E-state index contributed by atoms with van der Waals surface area (Å²) in [6.07, 6.45) is 3.65. The molecule has 0 amide bonds. The molecule has 0 spiro atoms. The summed E-state index contributed by atoms with van der Waals surface area (Å²) >= 11 is 0. The Morgan fingerprint density at radius 3 is 2.73 bits per heavy atom. The first-order chi connectivity index (χ1) is 10.7. The highest BCUT2D eigenvalue weighted by molar-refractivity contribution is 5.75. The van der Waals surface area contributed by atoms with Crippen LogP contribution < -0.4 is 15.0 Å². The number of ether oxygens (including phenoxy) is 2. The quantitative estimate of drug-likeness (QED) is 0.796. The Kier molecular flexibility index (Phi) is 3.74. The van der Waals surface area contributed by atoms with Crippen LogP contribution in [-0.2, 0) is 6.42 Å². The smallest absolute Gasteiger partial charge is 0.258 e. The molecule has 22 heavy (non-hydrogen) atoms. The third-order valence-electron chi connectivity index (χ3n) is 3.38. The molecule has 0 aliphatic carbocycles. The first-order valence-electron chi connectivity index (χ1n) is 6.75. The van der Waals surface area contributed by atoms with Gasteiger partial charge < -0.3 is 14.5 Å². The van der Waals surface area contributed by atoms with E-state index in [1.54, 1.807) is 32.7 Å². The zero-order chi connectivity index (χ0) is 15.5. The lowest BCUT2D eigenvalue weighted by molar-refractivity contribution is 0.354. The van der Waals surface area contributed by atoms with E-state index < -0.39 is 0 Å². The number of pyridine rings is 1. The lowest BCUT2D eigenvalue weighted by atomic mass is 10.1. The summed E-state index contributed by atoms with van der Waals surface area (Å²) in [4.78, 5) is 23.3. The van der Waals surface area contributed by atoms with Gasteiger partial charge >= 0.3 is 0 Å². The van der Waals surface area contributed by atoms with E-state index in [0.717, 1.165) is 5.56 Å². The molecule has 2 aromatic heterocycles. The van der Waals surface area contributed by atoms with Crippen molar-refractivity contribution in [2.24, 2.45) is 0 Å². The zero-order valence-electron chi connectivity index (χ0n) is 12.3. The maximum Gasteiger partial charge on any atom is 0.258 e. The van der Waals surface area contributed by atoms with Crippen LogP contribution in [0, 0.1) is 0 Å². The molecule has 0 fully saturated rings. The lowest BCUT2D eigenvalue weighted by Gasteiger charge is -2.09. The van der Waals surface area contributed by atoms with Crippen LogP contribution in [0.4, 0.5) is 0 Å². The number of fused-ring (bicyclic) bond motifs is 1. The number of nitrogens with one attached hydrogen (secondary N) is 1. The number of aromatic amines is 1. The monoisotopic (exact) mass is 297 g/mol. The molecule has 0 atom stereocenters. The van der Waals surface area contributed by atoms with Gasteiger partial charge in [0.2, 0.25) is 0 Å². The molecule has 0 bridgehead atoms. The first-order valence-corrected chi connectivity index (χ1v) is 6.75. The molecule has 0 unspecified atom stereocenters. The van der Waals surface area contributed by atoms with Crippen molar-refractivity contribution < 1.29 is 9.47 Å². The van der Waals surface area contributed by atoms with Crippen molar-refractivity contribution in [2.45, 2.75) is 6.42 Å². The first kappa shape index (κ1) is 14.1. The molecule has 112 valence electrons. The summed E-state index contributed by atoms with van der Waals surface area (Å²) in [6, 6.07) is 7.26. The second-order valence-electron chi connectivity index (χ2n) is 4.77. The minimum atomic E-state index is -0.164. The van der Waals surface area contributed by atoms with E-state index >= 15 is 0 Å². The maximum atomic E-state index is 12.0. The molecule has 3 rings (SSSR count). The van der Waals surface area contributed by atoms with E-state index in [-0.39, 0.29) is 5.56 Å². The number of aromatic nitrogens is 3. The largest absolute Gasteiger partial charge is 0.493 e. The van der Waals surface area contributed by atoms with Crippen molar-refractivity contribution in [1.29, 1.82) is 0 Å². The Balaban J connectivity index is 1.98. The van der Waals surface area contributed by atoms with Gasteiger partial charge in [0.05, 0.1) is 31.3 Å². The zero-order valence-corrected chi connectivity index (χ0v) is 12.3. The van der Waals surface area contributed by atoms with Gasteiger partial charge in [-0.2, -0.15) is 0 Å². The summed E-state index contributed by atoms with van der Waals surface area (Å²) in [5, 5.41) is 0.533. The van der Waals surface area contributed by atoms with E-state index in [9.17, 15) is 4.79 Å². The van der Waals surface area contributed by atoms with E-state index in [1.807, 2.05) is 18.2 Å². The molecule has 1 N–H and O–H groups in total. The number of rotatable bonds is 4. The predicted molar refractivity (Wildman–Crippen MR) is 82.5 cm³/mol. The fourth-order valence-corrected chi connectivity index (χ4v) is 2.31. The Bertz CT molecular complexity index is 874. The summed E-state index contributed by atoms with van der Waals surface area (Å²) in [7, 11) is 3.18. The number of methoxy groups -OCH3 is 2. The Morgan fingerprint density at radius 2 is 1.95 bits per heavy atom. The molecule has 3 aromatic rings. The van der Waals surface area contributed by atoms with Gasteiger partial charge in [-0.15, -0.1) is 0 Å². The van der Waals surface area contributed by atoms with Crippen LogP contribution in [0.5, 0.6) is 11.5 Å². The average Bonchev–Trinajstić information content (AvgIpc) is 2.55. The van der Waals surface area contributed by atoms with E-state index in [4.69, 9.17) is 9.47 Å². The maximum absolute atomic E-state index is 12.0. The molecule has 1 aromatic carbocycles. The highest BCUT2D eigenvalue weighted by atomic mass is 16.5. The summed E-state index contributed by atoms with van der Waals surface area (Å²) in [5.74, 6) is 1.89. The van der Waals surface area contributed by atoms with Gasteiger partial charge in [0, 0.05) is 12.6 Å². The van der Waals surface area contributed by atoms with Crippen molar-refractivity contribution in [1.82, 2.24) is 15.0 Å².